The molecule has 0 aliphatic carbocycles. The van der Waals surface area contributed by atoms with E-state index in [1.54, 1.807) is 16.9 Å². The molecule has 1 aliphatic heterocycles. The van der Waals surface area contributed by atoms with Crippen LogP contribution in [0.15, 0.2) is 48.5 Å². The maximum atomic E-state index is 13.0. The first-order valence-corrected chi connectivity index (χ1v) is 9.90. The number of rotatable bonds is 7. The van der Waals surface area contributed by atoms with Crippen molar-refractivity contribution in [3.63, 3.8) is 0 Å². The smallest absolute Gasteiger partial charge is 0.204 e. The van der Waals surface area contributed by atoms with E-state index in [-0.39, 0.29) is 5.82 Å². The highest BCUT2D eigenvalue weighted by molar-refractivity contribution is 6.30. The van der Waals surface area contributed by atoms with Gasteiger partial charge in [-0.05, 0) is 53.7 Å². The molecular weight excluding hydrogens is 395 g/mol. The van der Waals surface area contributed by atoms with Crippen LogP contribution in [-0.4, -0.2) is 69.3 Å². The van der Waals surface area contributed by atoms with E-state index in [2.05, 4.69) is 25.2 Å². The summed E-state index contributed by atoms with van der Waals surface area (Å²) in [7, 11) is 0. The van der Waals surface area contributed by atoms with E-state index in [0.29, 0.717) is 24.1 Å². The number of hydrogen-bond donors (Lipinski definition) is 0. The predicted molar refractivity (Wildman–Crippen MR) is 108 cm³/mol. The number of aromatic nitrogens is 4. The second kappa shape index (κ2) is 9.30. The highest BCUT2D eigenvalue weighted by Crippen LogP contribution is 2.16. The Morgan fingerprint density at radius 2 is 1.62 bits per heavy atom. The quantitative estimate of drug-likeness (QED) is 0.590. The molecule has 7 nitrogen and oxygen atoms in total. The average Bonchev–Trinajstić information content (AvgIpc) is 3.20. The number of tetrazole rings is 1. The van der Waals surface area contributed by atoms with Gasteiger partial charge in [-0.15, -0.1) is 15.0 Å². The highest BCUT2D eigenvalue weighted by atomic mass is 35.5. The first kappa shape index (κ1) is 19.8. The summed E-state index contributed by atoms with van der Waals surface area (Å²) < 4.78 is 18.8. The third-order valence-corrected chi connectivity index (χ3v) is 5.09. The summed E-state index contributed by atoms with van der Waals surface area (Å²) in [4.78, 5) is 6.25. The number of benzene rings is 2. The Kier molecular flexibility index (Phi) is 6.33. The lowest BCUT2D eigenvalue weighted by Crippen LogP contribution is -2.48. The Bertz CT molecular complexity index is 909. The standard InChI is InChI=1S/C20H22ClFN6O/c21-17-3-7-19(8-4-17)29-14-13-26-9-11-27(12-10-26)15-28-24-20(23-25-28)16-1-5-18(22)6-2-16/h1-8H,9-15H2. The summed E-state index contributed by atoms with van der Waals surface area (Å²) in [5.74, 6) is 1.06. The van der Waals surface area contributed by atoms with E-state index in [4.69, 9.17) is 16.3 Å². The minimum Gasteiger partial charge on any atom is -0.492 e. The molecule has 0 amide bonds. The summed E-state index contributed by atoms with van der Waals surface area (Å²) >= 11 is 5.88. The van der Waals surface area contributed by atoms with E-state index in [9.17, 15) is 4.39 Å². The number of nitrogens with zero attached hydrogens (tertiary/aromatic N) is 6. The summed E-state index contributed by atoms with van der Waals surface area (Å²) in [5.41, 5.74) is 0.753. The molecule has 0 bridgehead atoms. The van der Waals surface area contributed by atoms with Gasteiger partial charge in [0, 0.05) is 43.3 Å². The Morgan fingerprint density at radius 1 is 0.931 bits per heavy atom. The van der Waals surface area contributed by atoms with Crippen molar-refractivity contribution in [1.29, 1.82) is 0 Å². The van der Waals surface area contributed by atoms with Gasteiger partial charge in [-0.2, -0.15) is 0 Å². The van der Waals surface area contributed by atoms with Crippen molar-refractivity contribution in [3.8, 4) is 17.1 Å². The molecule has 0 saturated carbocycles. The molecule has 0 N–H and O–H groups in total. The molecule has 0 spiro atoms. The average molecular weight is 417 g/mol. The van der Waals surface area contributed by atoms with Gasteiger partial charge in [0.15, 0.2) is 0 Å². The van der Waals surface area contributed by atoms with Crippen LogP contribution in [0.2, 0.25) is 5.02 Å². The van der Waals surface area contributed by atoms with Crippen LogP contribution in [0.25, 0.3) is 11.4 Å². The molecule has 1 aliphatic rings. The summed E-state index contributed by atoms with van der Waals surface area (Å²) in [6.45, 7) is 5.89. The number of piperazine rings is 1. The van der Waals surface area contributed by atoms with Crippen molar-refractivity contribution >= 4 is 11.6 Å². The minimum atomic E-state index is -0.280. The molecular formula is C20H22ClFN6O. The van der Waals surface area contributed by atoms with E-state index in [1.165, 1.54) is 12.1 Å². The largest absolute Gasteiger partial charge is 0.492 e. The molecule has 2 aromatic carbocycles. The molecule has 1 saturated heterocycles. The zero-order valence-corrected chi connectivity index (χ0v) is 16.7. The van der Waals surface area contributed by atoms with E-state index in [0.717, 1.165) is 44.0 Å². The van der Waals surface area contributed by atoms with Gasteiger partial charge < -0.3 is 4.74 Å². The third kappa shape index (κ3) is 5.50. The summed E-state index contributed by atoms with van der Waals surface area (Å²) in [6, 6.07) is 13.5. The molecule has 152 valence electrons. The van der Waals surface area contributed by atoms with Gasteiger partial charge in [-0.3, -0.25) is 9.80 Å². The van der Waals surface area contributed by atoms with Crippen molar-refractivity contribution in [2.45, 2.75) is 6.67 Å². The Labute approximate surface area is 173 Å². The van der Waals surface area contributed by atoms with Crippen molar-refractivity contribution in [1.82, 2.24) is 30.0 Å². The number of ether oxygens (including phenoxy) is 1. The lowest BCUT2D eigenvalue weighted by atomic mass is 10.2. The molecule has 1 aromatic heterocycles. The molecule has 4 rings (SSSR count). The molecule has 1 fully saturated rings. The maximum absolute atomic E-state index is 13.0. The van der Waals surface area contributed by atoms with Crippen LogP contribution in [0.1, 0.15) is 0 Å². The van der Waals surface area contributed by atoms with Crippen molar-refractivity contribution in [2.24, 2.45) is 0 Å². The molecule has 0 radical (unpaired) electrons. The van der Waals surface area contributed by atoms with Gasteiger partial charge in [-0.25, -0.2) is 4.39 Å². The number of hydrogen-bond acceptors (Lipinski definition) is 6. The zero-order valence-electron chi connectivity index (χ0n) is 15.9. The first-order valence-electron chi connectivity index (χ1n) is 9.52. The summed E-state index contributed by atoms with van der Waals surface area (Å²) in [5, 5.41) is 13.3. The van der Waals surface area contributed by atoms with E-state index >= 15 is 0 Å². The van der Waals surface area contributed by atoms with Gasteiger partial charge in [0.2, 0.25) is 5.82 Å². The Morgan fingerprint density at radius 3 is 2.34 bits per heavy atom. The molecule has 0 unspecified atom stereocenters. The van der Waals surface area contributed by atoms with E-state index in [1.807, 2.05) is 24.3 Å². The topological polar surface area (TPSA) is 59.3 Å². The maximum Gasteiger partial charge on any atom is 0.204 e. The van der Waals surface area contributed by atoms with Gasteiger partial charge in [0.1, 0.15) is 24.8 Å². The molecule has 0 atom stereocenters. The van der Waals surface area contributed by atoms with Crippen LogP contribution in [0, 0.1) is 5.82 Å². The lowest BCUT2D eigenvalue weighted by molar-refractivity contribution is 0.0876. The number of halogens is 2. The fraction of sp³-hybridized carbons (Fsp3) is 0.350. The lowest BCUT2D eigenvalue weighted by Gasteiger charge is -2.33. The van der Waals surface area contributed by atoms with Gasteiger partial charge in [0.05, 0.1) is 0 Å². The van der Waals surface area contributed by atoms with Crippen molar-refractivity contribution < 1.29 is 9.13 Å². The van der Waals surface area contributed by atoms with E-state index < -0.39 is 0 Å². The van der Waals surface area contributed by atoms with Crippen LogP contribution in [0.3, 0.4) is 0 Å². The summed E-state index contributed by atoms with van der Waals surface area (Å²) in [6.07, 6.45) is 0. The molecule has 9 heteroatoms. The van der Waals surface area contributed by atoms with Gasteiger partial charge in [0.25, 0.3) is 0 Å². The normalized spacial score (nSPS) is 15.5. The predicted octanol–water partition coefficient (Wildman–Crippen LogP) is 2.79. The molecule has 29 heavy (non-hydrogen) atoms. The van der Waals surface area contributed by atoms with Crippen LogP contribution in [-0.2, 0) is 6.67 Å². The second-order valence-electron chi connectivity index (χ2n) is 6.90. The zero-order chi connectivity index (χ0) is 20.1. The first-order chi connectivity index (χ1) is 14.2. The van der Waals surface area contributed by atoms with Crippen LogP contribution >= 0.6 is 11.6 Å². The molecule has 3 aromatic rings. The van der Waals surface area contributed by atoms with Gasteiger partial charge in [-0.1, -0.05) is 11.6 Å². The van der Waals surface area contributed by atoms with Crippen molar-refractivity contribution in [3.05, 3.63) is 59.4 Å². The van der Waals surface area contributed by atoms with Crippen LogP contribution in [0.4, 0.5) is 4.39 Å². The fourth-order valence-corrected chi connectivity index (χ4v) is 3.30. The Balaban J connectivity index is 1.20. The minimum absolute atomic E-state index is 0.280. The van der Waals surface area contributed by atoms with Crippen LogP contribution < -0.4 is 4.74 Å². The molecule has 2 heterocycles. The third-order valence-electron chi connectivity index (χ3n) is 4.84. The SMILES string of the molecule is Fc1ccc(-c2nnn(CN3CCN(CCOc4ccc(Cl)cc4)CC3)n2)cc1. The second-order valence-corrected chi connectivity index (χ2v) is 7.33. The highest BCUT2D eigenvalue weighted by Gasteiger charge is 2.18. The monoisotopic (exact) mass is 416 g/mol. The van der Waals surface area contributed by atoms with Crippen LogP contribution in [0.5, 0.6) is 5.75 Å². The van der Waals surface area contributed by atoms with Crippen molar-refractivity contribution in [2.75, 3.05) is 39.3 Å². The fourth-order valence-electron chi connectivity index (χ4n) is 3.17. The Hall–Kier alpha value is -2.55. The van der Waals surface area contributed by atoms with Gasteiger partial charge >= 0.3 is 0 Å².